The quantitative estimate of drug-likeness (QED) is 0.726. The number of ether oxygens (including phenoxy) is 1. The van der Waals surface area contributed by atoms with Gasteiger partial charge in [0, 0.05) is 18.3 Å². The number of nitrogens with zero attached hydrogens (tertiary/aromatic N) is 2. The van der Waals surface area contributed by atoms with E-state index in [9.17, 15) is 18.0 Å². The Labute approximate surface area is 119 Å². The van der Waals surface area contributed by atoms with Crippen LogP contribution in [0, 0.1) is 0 Å². The molecule has 0 unspecified atom stereocenters. The number of rotatable bonds is 7. The van der Waals surface area contributed by atoms with Crippen LogP contribution >= 0.6 is 11.3 Å². The standard InChI is InChI=1S/C12H17F3N2O2S/c1-3-17(8-12(13,14)15)11-16-9(7-20-11)5-6-10(18)19-4-2/h7H,3-6,8H2,1-2H3. The molecule has 20 heavy (non-hydrogen) atoms. The highest BCUT2D eigenvalue weighted by Crippen LogP contribution is 2.25. The molecule has 0 atom stereocenters. The average molecular weight is 310 g/mol. The van der Waals surface area contributed by atoms with E-state index in [4.69, 9.17) is 4.74 Å². The maximum absolute atomic E-state index is 12.4. The van der Waals surface area contributed by atoms with E-state index in [0.717, 1.165) is 11.3 Å². The fourth-order valence-corrected chi connectivity index (χ4v) is 2.48. The van der Waals surface area contributed by atoms with E-state index in [1.54, 1.807) is 19.2 Å². The number of carbonyl (C=O) groups is 1. The molecule has 0 radical (unpaired) electrons. The Balaban J connectivity index is 2.59. The number of hydrogen-bond acceptors (Lipinski definition) is 5. The number of aryl methyl sites for hydroxylation is 1. The topological polar surface area (TPSA) is 42.4 Å². The first-order valence-electron chi connectivity index (χ1n) is 6.27. The summed E-state index contributed by atoms with van der Waals surface area (Å²) < 4.78 is 42.0. The van der Waals surface area contributed by atoms with Crippen LogP contribution in [0.4, 0.5) is 18.3 Å². The van der Waals surface area contributed by atoms with Gasteiger partial charge in [0.2, 0.25) is 0 Å². The maximum Gasteiger partial charge on any atom is 0.406 e. The Kier molecular flexibility index (Phi) is 6.25. The average Bonchev–Trinajstić information content (AvgIpc) is 2.81. The molecule has 8 heteroatoms. The minimum absolute atomic E-state index is 0.183. The second-order valence-electron chi connectivity index (χ2n) is 4.06. The minimum atomic E-state index is -4.26. The van der Waals surface area contributed by atoms with Gasteiger partial charge >= 0.3 is 12.1 Å². The zero-order valence-electron chi connectivity index (χ0n) is 11.4. The third-order valence-corrected chi connectivity index (χ3v) is 3.40. The molecule has 0 aliphatic rings. The fraction of sp³-hybridized carbons (Fsp3) is 0.667. The van der Waals surface area contributed by atoms with Crippen LogP contribution in [0.1, 0.15) is 26.0 Å². The number of alkyl halides is 3. The Morgan fingerprint density at radius 1 is 1.45 bits per heavy atom. The van der Waals surface area contributed by atoms with Crippen LogP contribution in [0.2, 0.25) is 0 Å². The zero-order valence-corrected chi connectivity index (χ0v) is 12.2. The zero-order chi connectivity index (χ0) is 15.2. The van der Waals surface area contributed by atoms with Gasteiger partial charge in [-0.05, 0) is 13.8 Å². The van der Waals surface area contributed by atoms with Crippen molar-refractivity contribution < 1.29 is 22.7 Å². The largest absolute Gasteiger partial charge is 0.466 e. The number of anilines is 1. The fourth-order valence-electron chi connectivity index (χ4n) is 1.55. The van der Waals surface area contributed by atoms with E-state index in [1.807, 2.05) is 0 Å². The summed E-state index contributed by atoms with van der Waals surface area (Å²) in [5.74, 6) is -0.329. The van der Waals surface area contributed by atoms with Crippen molar-refractivity contribution in [2.45, 2.75) is 32.9 Å². The number of carbonyl (C=O) groups excluding carboxylic acids is 1. The number of esters is 1. The monoisotopic (exact) mass is 310 g/mol. The van der Waals surface area contributed by atoms with Gasteiger partial charge in [-0.3, -0.25) is 4.79 Å². The van der Waals surface area contributed by atoms with Crippen molar-refractivity contribution >= 4 is 22.4 Å². The van der Waals surface area contributed by atoms with Crippen molar-refractivity contribution in [2.24, 2.45) is 0 Å². The normalized spacial score (nSPS) is 11.4. The van der Waals surface area contributed by atoms with Gasteiger partial charge in [-0.25, -0.2) is 4.98 Å². The highest BCUT2D eigenvalue weighted by molar-refractivity contribution is 7.13. The molecule has 0 saturated heterocycles. The van der Waals surface area contributed by atoms with Crippen molar-refractivity contribution in [3.63, 3.8) is 0 Å². The Bertz CT molecular complexity index is 435. The van der Waals surface area contributed by atoms with Crippen molar-refractivity contribution in [2.75, 3.05) is 24.6 Å². The van der Waals surface area contributed by atoms with Crippen molar-refractivity contribution in [3.8, 4) is 0 Å². The molecule has 0 spiro atoms. The van der Waals surface area contributed by atoms with Crippen molar-refractivity contribution in [1.29, 1.82) is 0 Å². The van der Waals surface area contributed by atoms with Crippen LogP contribution < -0.4 is 4.90 Å². The molecular weight excluding hydrogens is 293 g/mol. The summed E-state index contributed by atoms with van der Waals surface area (Å²) in [6, 6.07) is 0. The molecule has 0 bridgehead atoms. The first kappa shape index (κ1) is 16.7. The van der Waals surface area contributed by atoms with E-state index in [2.05, 4.69) is 4.98 Å². The predicted molar refractivity (Wildman–Crippen MR) is 71.0 cm³/mol. The first-order valence-corrected chi connectivity index (χ1v) is 7.15. The summed E-state index contributed by atoms with van der Waals surface area (Å²) in [4.78, 5) is 16.5. The molecule has 0 saturated carbocycles. The lowest BCUT2D eigenvalue weighted by Crippen LogP contribution is -2.34. The molecule has 1 aromatic rings. The van der Waals surface area contributed by atoms with Gasteiger partial charge < -0.3 is 9.64 Å². The third-order valence-electron chi connectivity index (χ3n) is 2.45. The van der Waals surface area contributed by atoms with Crippen LogP contribution in [0.15, 0.2) is 5.38 Å². The molecular formula is C12H17F3N2O2S. The minimum Gasteiger partial charge on any atom is -0.466 e. The summed E-state index contributed by atoms with van der Waals surface area (Å²) >= 11 is 1.15. The summed E-state index contributed by atoms with van der Waals surface area (Å²) in [6.45, 7) is 2.88. The van der Waals surface area contributed by atoms with E-state index in [1.165, 1.54) is 4.90 Å². The SMILES string of the molecule is CCOC(=O)CCc1csc(N(CC)CC(F)(F)F)n1. The van der Waals surface area contributed by atoms with E-state index < -0.39 is 12.7 Å². The number of thiazole rings is 1. The van der Waals surface area contributed by atoms with E-state index in [-0.39, 0.29) is 18.9 Å². The van der Waals surface area contributed by atoms with Crippen molar-refractivity contribution in [3.05, 3.63) is 11.1 Å². The van der Waals surface area contributed by atoms with Crippen molar-refractivity contribution in [1.82, 2.24) is 4.98 Å². The number of halogens is 3. The van der Waals surface area contributed by atoms with Gasteiger partial charge in [0.25, 0.3) is 0 Å². The summed E-state index contributed by atoms with van der Waals surface area (Å²) in [5.41, 5.74) is 0.610. The molecule has 0 N–H and O–H groups in total. The summed E-state index contributed by atoms with van der Waals surface area (Å²) in [5, 5.41) is 2.00. The Morgan fingerprint density at radius 2 is 2.15 bits per heavy atom. The smallest absolute Gasteiger partial charge is 0.406 e. The van der Waals surface area contributed by atoms with Gasteiger partial charge in [0.15, 0.2) is 5.13 Å². The lowest BCUT2D eigenvalue weighted by Gasteiger charge is -2.21. The second kappa shape index (κ2) is 7.47. The lowest BCUT2D eigenvalue weighted by atomic mass is 10.2. The first-order chi connectivity index (χ1) is 9.35. The molecule has 0 amide bonds. The predicted octanol–water partition coefficient (Wildman–Crippen LogP) is 3.03. The highest BCUT2D eigenvalue weighted by Gasteiger charge is 2.31. The molecule has 0 aliphatic carbocycles. The highest BCUT2D eigenvalue weighted by atomic mass is 32.1. The van der Waals surface area contributed by atoms with Gasteiger partial charge in [-0.15, -0.1) is 11.3 Å². The van der Waals surface area contributed by atoms with E-state index >= 15 is 0 Å². The Morgan fingerprint density at radius 3 is 2.70 bits per heavy atom. The van der Waals surface area contributed by atoms with Crippen LogP contribution in [0.3, 0.4) is 0 Å². The number of aromatic nitrogens is 1. The van der Waals surface area contributed by atoms with Gasteiger partial charge in [0.05, 0.1) is 18.7 Å². The van der Waals surface area contributed by atoms with Crippen LogP contribution in [0.5, 0.6) is 0 Å². The third kappa shape index (κ3) is 5.77. The molecule has 4 nitrogen and oxygen atoms in total. The van der Waals surface area contributed by atoms with Crippen LogP contribution in [-0.2, 0) is 16.0 Å². The molecule has 114 valence electrons. The van der Waals surface area contributed by atoms with Gasteiger partial charge in [0.1, 0.15) is 6.54 Å². The van der Waals surface area contributed by atoms with Crippen LogP contribution in [0.25, 0.3) is 0 Å². The Hall–Kier alpha value is -1.31. The maximum atomic E-state index is 12.4. The van der Waals surface area contributed by atoms with Gasteiger partial charge in [-0.2, -0.15) is 13.2 Å². The van der Waals surface area contributed by atoms with E-state index in [0.29, 0.717) is 23.9 Å². The van der Waals surface area contributed by atoms with Gasteiger partial charge in [-0.1, -0.05) is 0 Å². The molecule has 1 rings (SSSR count). The summed E-state index contributed by atoms with van der Waals surface area (Å²) in [6.07, 6.45) is -3.70. The van der Waals surface area contributed by atoms with Crippen LogP contribution in [-0.4, -0.2) is 36.8 Å². The molecule has 0 fully saturated rings. The summed E-state index contributed by atoms with van der Waals surface area (Å²) in [7, 11) is 0. The molecule has 0 aliphatic heterocycles. The second-order valence-corrected chi connectivity index (χ2v) is 4.89. The molecule has 1 heterocycles. The molecule has 0 aromatic carbocycles. The molecule has 1 aromatic heterocycles. The number of hydrogen-bond donors (Lipinski definition) is 0. The lowest BCUT2D eigenvalue weighted by molar-refractivity contribution is -0.143.